The number of ether oxygens (including phenoxy) is 6. The Morgan fingerprint density at radius 1 is 0.806 bits per heavy atom. The lowest BCUT2D eigenvalue weighted by atomic mass is 9.99. The third kappa shape index (κ3) is 7.06. The van der Waals surface area contributed by atoms with Crippen molar-refractivity contribution < 1.29 is 38.6 Å². The number of benzene rings is 2. The Morgan fingerprint density at radius 2 is 1.32 bits per heavy atom. The zero-order valence-corrected chi connectivity index (χ0v) is 17.5. The Kier molecular flexibility index (Phi) is 9.85. The quantitative estimate of drug-likeness (QED) is 0.386. The molecule has 0 spiro atoms. The van der Waals surface area contributed by atoms with Gasteiger partial charge in [0.1, 0.15) is 38.0 Å². The summed E-state index contributed by atoms with van der Waals surface area (Å²) in [7, 11) is 1.46. The normalized spacial score (nSPS) is 26.1. The van der Waals surface area contributed by atoms with Crippen LogP contribution in [0.1, 0.15) is 11.1 Å². The van der Waals surface area contributed by atoms with Gasteiger partial charge in [0.2, 0.25) is 0 Å². The molecule has 2 N–H and O–H groups in total. The van der Waals surface area contributed by atoms with E-state index in [1.54, 1.807) is 0 Å². The van der Waals surface area contributed by atoms with Crippen molar-refractivity contribution in [3.63, 3.8) is 0 Å². The van der Waals surface area contributed by atoms with E-state index in [-0.39, 0.29) is 20.2 Å². The average molecular weight is 434 g/mol. The van der Waals surface area contributed by atoms with E-state index in [1.165, 1.54) is 7.11 Å². The van der Waals surface area contributed by atoms with Crippen LogP contribution in [0.25, 0.3) is 0 Å². The summed E-state index contributed by atoms with van der Waals surface area (Å²) in [4.78, 5) is 0. The number of aliphatic hydroxyl groups is 2. The van der Waals surface area contributed by atoms with Gasteiger partial charge in [0.15, 0.2) is 6.29 Å². The number of aliphatic hydroxyl groups excluding tert-OH is 2. The number of hydrogen-bond donors (Lipinski definition) is 2. The fourth-order valence-electron chi connectivity index (χ4n) is 3.32. The molecule has 31 heavy (non-hydrogen) atoms. The minimum atomic E-state index is -1.13. The van der Waals surface area contributed by atoms with Crippen LogP contribution in [0.2, 0.25) is 0 Å². The van der Waals surface area contributed by atoms with Gasteiger partial charge in [-0.2, -0.15) is 0 Å². The maximum absolute atomic E-state index is 10.6. The van der Waals surface area contributed by atoms with Crippen molar-refractivity contribution in [3.8, 4) is 0 Å². The molecule has 1 saturated heterocycles. The molecule has 0 aromatic heterocycles. The lowest BCUT2D eigenvalue weighted by molar-refractivity contribution is -0.328. The fraction of sp³-hybridized carbons (Fsp3) is 0.478. The molecule has 0 aliphatic carbocycles. The van der Waals surface area contributed by atoms with Crippen LogP contribution in [0, 0.1) is 0 Å². The van der Waals surface area contributed by atoms with E-state index in [1.807, 2.05) is 60.7 Å². The van der Waals surface area contributed by atoms with E-state index in [0.29, 0.717) is 13.2 Å². The fourth-order valence-corrected chi connectivity index (χ4v) is 3.32. The second-order valence-corrected chi connectivity index (χ2v) is 7.12. The van der Waals surface area contributed by atoms with E-state index in [9.17, 15) is 10.2 Å². The largest absolute Gasteiger partial charge is 0.394 e. The minimum Gasteiger partial charge on any atom is -0.394 e. The van der Waals surface area contributed by atoms with Crippen molar-refractivity contribution in [2.45, 2.75) is 43.9 Å². The molecule has 2 aromatic rings. The van der Waals surface area contributed by atoms with Crippen LogP contribution >= 0.6 is 0 Å². The van der Waals surface area contributed by atoms with Crippen molar-refractivity contribution in [3.05, 3.63) is 71.8 Å². The monoisotopic (exact) mass is 434 g/mol. The molecule has 8 heteroatoms. The molecule has 5 atom stereocenters. The Labute approximate surface area is 182 Å². The summed E-state index contributed by atoms with van der Waals surface area (Å²) in [5, 5.41) is 20.2. The predicted octanol–water partition coefficient (Wildman–Crippen LogP) is 1.83. The smallest absolute Gasteiger partial charge is 0.186 e. The molecule has 0 radical (unpaired) electrons. The summed E-state index contributed by atoms with van der Waals surface area (Å²) in [5.41, 5.74) is 2.01. The van der Waals surface area contributed by atoms with Gasteiger partial charge in [-0.05, 0) is 11.1 Å². The summed E-state index contributed by atoms with van der Waals surface area (Å²) < 4.78 is 33.7. The molecule has 8 nitrogen and oxygen atoms in total. The maximum Gasteiger partial charge on any atom is 0.186 e. The Hall–Kier alpha value is -1.88. The molecule has 1 heterocycles. The van der Waals surface area contributed by atoms with Gasteiger partial charge in [-0.25, -0.2) is 0 Å². The molecule has 170 valence electrons. The number of methoxy groups -OCH3 is 1. The zero-order chi connectivity index (χ0) is 21.9. The van der Waals surface area contributed by atoms with Crippen molar-refractivity contribution >= 4 is 0 Å². The number of rotatable bonds is 12. The average Bonchev–Trinajstić information content (AvgIpc) is 2.82. The van der Waals surface area contributed by atoms with Crippen LogP contribution in [0.15, 0.2) is 60.7 Å². The van der Waals surface area contributed by atoms with E-state index in [0.717, 1.165) is 11.1 Å². The Morgan fingerprint density at radius 3 is 1.81 bits per heavy atom. The summed E-state index contributed by atoms with van der Waals surface area (Å²) in [5.74, 6) is 0. The lowest BCUT2D eigenvalue weighted by Gasteiger charge is -2.43. The van der Waals surface area contributed by atoms with Gasteiger partial charge in [0.25, 0.3) is 0 Å². The maximum atomic E-state index is 10.6. The van der Waals surface area contributed by atoms with Crippen LogP contribution in [0.3, 0.4) is 0 Å². The molecular weight excluding hydrogens is 404 g/mol. The first-order valence-electron chi connectivity index (χ1n) is 10.2. The van der Waals surface area contributed by atoms with Gasteiger partial charge in [-0.1, -0.05) is 60.7 Å². The van der Waals surface area contributed by atoms with Crippen molar-refractivity contribution in [2.75, 3.05) is 27.3 Å². The summed E-state index contributed by atoms with van der Waals surface area (Å²) >= 11 is 0. The van der Waals surface area contributed by atoms with E-state index in [4.69, 9.17) is 28.4 Å². The second kappa shape index (κ2) is 12.8. The highest BCUT2D eigenvalue weighted by atomic mass is 16.7. The third-order valence-corrected chi connectivity index (χ3v) is 4.94. The van der Waals surface area contributed by atoms with E-state index < -0.39 is 30.7 Å². The van der Waals surface area contributed by atoms with Crippen molar-refractivity contribution in [2.24, 2.45) is 0 Å². The molecule has 0 amide bonds. The van der Waals surface area contributed by atoms with Gasteiger partial charge >= 0.3 is 0 Å². The molecular formula is C23H30O8. The Balaban J connectivity index is 1.54. The topological polar surface area (TPSA) is 95.8 Å². The first kappa shape index (κ1) is 23.8. The molecule has 3 rings (SSSR count). The predicted molar refractivity (Wildman–Crippen MR) is 111 cm³/mol. The summed E-state index contributed by atoms with van der Waals surface area (Å²) in [6.45, 7) is 0.228. The highest BCUT2D eigenvalue weighted by molar-refractivity contribution is 5.14. The van der Waals surface area contributed by atoms with Crippen LogP contribution in [0.5, 0.6) is 0 Å². The van der Waals surface area contributed by atoms with E-state index >= 15 is 0 Å². The van der Waals surface area contributed by atoms with Crippen LogP contribution in [0.4, 0.5) is 0 Å². The van der Waals surface area contributed by atoms with Gasteiger partial charge in [0, 0.05) is 7.11 Å². The highest BCUT2D eigenvalue weighted by Crippen LogP contribution is 2.26. The van der Waals surface area contributed by atoms with Gasteiger partial charge in [0.05, 0.1) is 19.8 Å². The molecule has 0 saturated carbocycles. The molecule has 1 aliphatic rings. The van der Waals surface area contributed by atoms with Crippen molar-refractivity contribution in [1.29, 1.82) is 0 Å². The summed E-state index contributed by atoms with van der Waals surface area (Å²) in [6, 6.07) is 19.4. The summed E-state index contributed by atoms with van der Waals surface area (Å²) in [6.07, 6.45) is -4.46. The molecule has 1 aliphatic heterocycles. The molecule has 0 unspecified atom stereocenters. The molecule has 2 aromatic carbocycles. The van der Waals surface area contributed by atoms with Gasteiger partial charge in [-0.3, -0.25) is 0 Å². The molecule has 1 fully saturated rings. The SMILES string of the molecule is CO[C@H]1O[C@H](CO)[C@@H](O)[C@@H](OCOCc2ccccc2)[C@@H]1OCOCc1ccccc1. The minimum absolute atomic E-state index is 0.0516. The third-order valence-electron chi connectivity index (χ3n) is 4.94. The second-order valence-electron chi connectivity index (χ2n) is 7.12. The van der Waals surface area contributed by atoms with E-state index in [2.05, 4.69) is 0 Å². The highest BCUT2D eigenvalue weighted by Gasteiger charge is 2.47. The van der Waals surface area contributed by atoms with Crippen molar-refractivity contribution in [1.82, 2.24) is 0 Å². The standard InChI is InChI=1S/C23H30O8/c1-26-23-22(30-16-28-14-18-10-6-3-7-11-18)21(20(25)19(12-24)31-23)29-15-27-13-17-8-4-2-5-9-17/h2-11,19-25H,12-16H2,1H3/t19-,20-,21-,22+,23+/m1/s1. The van der Waals surface area contributed by atoms with Crippen LogP contribution in [-0.2, 0) is 41.6 Å². The van der Waals surface area contributed by atoms with Crippen LogP contribution in [-0.4, -0.2) is 68.2 Å². The van der Waals surface area contributed by atoms with Gasteiger partial charge < -0.3 is 38.6 Å². The Bertz CT molecular complexity index is 729. The molecule has 0 bridgehead atoms. The lowest BCUT2D eigenvalue weighted by Crippen LogP contribution is -2.61. The van der Waals surface area contributed by atoms with Gasteiger partial charge in [-0.15, -0.1) is 0 Å². The first-order chi connectivity index (χ1) is 15.2. The first-order valence-corrected chi connectivity index (χ1v) is 10.2. The number of hydrogen-bond acceptors (Lipinski definition) is 8. The van der Waals surface area contributed by atoms with Crippen LogP contribution < -0.4 is 0 Å². The zero-order valence-electron chi connectivity index (χ0n) is 17.5.